The van der Waals surface area contributed by atoms with Gasteiger partial charge in [0.2, 0.25) is 0 Å². The van der Waals surface area contributed by atoms with E-state index in [0.29, 0.717) is 6.61 Å². The first-order chi connectivity index (χ1) is 2.91. The van der Waals surface area contributed by atoms with E-state index in [9.17, 15) is 4.79 Å². The smallest absolute Gasteiger partial charge is 0.653 e. The molecule has 0 saturated carbocycles. The summed E-state index contributed by atoms with van der Waals surface area (Å²) >= 11 is 0. The van der Waals surface area contributed by atoms with E-state index in [2.05, 4.69) is 4.74 Å². The molecule has 0 saturated heterocycles. The molecule has 0 aliphatic heterocycles. The largest absolute Gasteiger partial charge is 1.00 e. The molecule has 0 heterocycles. The minimum absolute atomic E-state index is 0. The Bertz CT molecular complexity index is 38.7. The van der Waals surface area contributed by atoms with Gasteiger partial charge < -0.3 is 9.53 Å². The molecule has 0 amide bonds. The molecule has 0 fully saturated rings. The van der Waals surface area contributed by atoms with Crippen LogP contribution in [0.25, 0.3) is 0 Å². The molecular formula is C4H7CuO2. The SMILES string of the molecule is CCCO[C-]=O.[Cu+]. The summed E-state index contributed by atoms with van der Waals surface area (Å²) in [6.07, 6.45) is 0.870. The Kier molecular flexibility index (Phi) is 13.5. The van der Waals surface area contributed by atoms with Crippen molar-refractivity contribution in [3.05, 3.63) is 0 Å². The predicted molar refractivity (Wildman–Crippen MR) is 21.9 cm³/mol. The third-order valence-corrected chi connectivity index (χ3v) is 0.365. The van der Waals surface area contributed by atoms with Crippen molar-refractivity contribution in [2.24, 2.45) is 0 Å². The van der Waals surface area contributed by atoms with Gasteiger partial charge in [0.25, 0.3) is 0 Å². The van der Waals surface area contributed by atoms with Gasteiger partial charge in [0.1, 0.15) is 0 Å². The molecule has 2 nitrogen and oxygen atoms in total. The fraction of sp³-hybridized carbons (Fsp3) is 0.750. The first-order valence-corrected chi connectivity index (χ1v) is 1.90. The maximum absolute atomic E-state index is 9.22. The van der Waals surface area contributed by atoms with Crippen LogP contribution in [0.3, 0.4) is 0 Å². The van der Waals surface area contributed by atoms with Crippen molar-refractivity contribution >= 4 is 6.47 Å². The van der Waals surface area contributed by atoms with Crippen molar-refractivity contribution in [3.63, 3.8) is 0 Å². The van der Waals surface area contributed by atoms with Gasteiger partial charge in [-0.1, -0.05) is 13.4 Å². The standard InChI is InChI=1S/C4H7O2.Cu/c1-2-3-6-4-5;/h2-3H2,1H3;/q-1;+1. The molecule has 3 heteroatoms. The van der Waals surface area contributed by atoms with Gasteiger partial charge >= 0.3 is 17.1 Å². The van der Waals surface area contributed by atoms with E-state index in [1.54, 1.807) is 0 Å². The van der Waals surface area contributed by atoms with E-state index in [1.165, 1.54) is 6.47 Å². The average molecular weight is 151 g/mol. The van der Waals surface area contributed by atoms with Crippen molar-refractivity contribution in [2.75, 3.05) is 6.61 Å². The molecule has 46 valence electrons. The van der Waals surface area contributed by atoms with Gasteiger partial charge in [0.05, 0.1) is 0 Å². The Balaban J connectivity index is 0. The monoisotopic (exact) mass is 150 g/mol. The first-order valence-electron chi connectivity index (χ1n) is 1.90. The summed E-state index contributed by atoms with van der Waals surface area (Å²) < 4.78 is 4.18. The Morgan fingerprint density at radius 1 is 1.71 bits per heavy atom. The molecule has 0 aliphatic rings. The van der Waals surface area contributed by atoms with Crippen molar-refractivity contribution in [3.8, 4) is 0 Å². The van der Waals surface area contributed by atoms with Crippen molar-refractivity contribution in [1.82, 2.24) is 0 Å². The molecule has 0 aromatic rings. The van der Waals surface area contributed by atoms with E-state index in [1.807, 2.05) is 6.92 Å². The third-order valence-electron chi connectivity index (χ3n) is 0.365. The summed E-state index contributed by atoms with van der Waals surface area (Å²) in [6.45, 7) is 3.74. The van der Waals surface area contributed by atoms with Crippen LogP contribution in [0.15, 0.2) is 0 Å². The van der Waals surface area contributed by atoms with Gasteiger partial charge in [0, 0.05) is 6.61 Å². The van der Waals surface area contributed by atoms with Crippen molar-refractivity contribution in [2.45, 2.75) is 13.3 Å². The summed E-state index contributed by atoms with van der Waals surface area (Å²) in [5.41, 5.74) is 0. The molecule has 0 atom stereocenters. The van der Waals surface area contributed by atoms with Gasteiger partial charge in [-0.25, -0.2) is 0 Å². The fourth-order valence-corrected chi connectivity index (χ4v) is 0.144. The summed E-state index contributed by atoms with van der Waals surface area (Å²) in [4.78, 5) is 9.22. The predicted octanol–water partition coefficient (Wildman–Crippen LogP) is 0.478. The maximum atomic E-state index is 9.22. The molecular weight excluding hydrogens is 144 g/mol. The maximum Gasteiger partial charge on any atom is 1.00 e. The zero-order valence-electron chi connectivity index (χ0n) is 4.03. The second kappa shape index (κ2) is 9.37. The minimum atomic E-state index is 0. The van der Waals surface area contributed by atoms with Gasteiger partial charge in [-0.3, -0.25) is 0 Å². The summed E-state index contributed by atoms with van der Waals surface area (Å²) in [5.74, 6) is 0. The van der Waals surface area contributed by atoms with E-state index in [4.69, 9.17) is 0 Å². The van der Waals surface area contributed by atoms with E-state index in [-0.39, 0.29) is 17.1 Å². The van der Waals surface area contributed by atoms with Gasteiger partial charge in [0.15, 0.2) is 0 Å². The Hall–Kier alpha value is -0.0105. The summed E-state index contributed by atoms with van der Waals surface area (Å²) in [5, 5.41) is 0. The van der Waals surface area contributed by atoms with E-state index in [0.717, 1.165) is 6.42 Å². The molecule has 0 spiro atoms. The van der Waals surface area contributed by atoms with Crippen LogP contribution in [-0.4, -0.2) is 13.1 Å². The van der Waals surface area contributed by atoms with Crippen molar-refractivity contribution in [1.29, 1.82) is 0 Å². The second-order valence-electron chi connectivity index (χ2n) is 0.932. The summed E-state index contributed by atoms with van der Waals surface area (Å²) in [6, 6.07) is 0. The number of ether oxygens (including phenoxy) is 1. The molecule has 0 aromatic heterocycles. The molecule has 0 unspecified atom stereocenters. The van der Waals surface area contributed by atoms with Crippen LogP contribution in [0.1, 0.15) is 13.3 Å². The zero-order chi connectivity index (χ0) is 4.83. The second-order valence-corrected chi connectivity index (χ2v) is 0.932. The van der Waals surface area contributed by atoms with Crippen LogP contribution in [-0.2, 0) is 26.6 Å². The Morgan fingerprint density at radius 2 is 2.29 bits per heavy atom. The van der Waals surface area contributed by atoms with Gasteiger partial charge in [-0.2, -0.15) is 0 Å². The summed E-state index contributed by atoms with van der Waals surface area (Å²) in [7, 11) is 0. The fourth-order valence-electron chi connectivity index (χ4n) is 0.144. The average Bonchev–Trinajstić information content (AvgIpc) is 1.61. The van der Waals surface area contributed by atoms with Crippen LogP contribution in [0, 0.1) is 0 Å². The molecule has 0 bridgehead atoms. The normalized spacial score (nSPS) is 6.43. The van der Waals surface area contributed by atoms with E-state index >= 15 is 0 Å². The third kappa shape index (κ3) is 10.7. The Morgan fingerprint density at radius 3 is 2.43 bits per heavy atom. The number of rotatable bonds is 3. The van der Waals surface area contributed by atoms with Crippen LogP contribution >= 0.6 is 0 Å². The topological polar surface area (TPSA) is 26.3 Å². The first kappa shape index (κ1) is 10.1. The molecule has 0 aliphatic carbocycles. The Labute approximate surface area is 53.7 Å². The molecule has 0 rings (SSSR count). The van der Waals surface area contributed by atoms with Crippen LogP contribution in [0.5, 0.6) is 0 Å². The van der Waals surface area contributed by atoms with Crippen LogP contribution in [0.2, 0.25) is 0 Å². The molecule has 0 aromatic carbocycles. The number of hydrogen-bond acceptors (Lipinski definition) is 2. The van der Waals surface area contributed by atoms with E-state index < -0.39 is 0 Å². The zero-order valence-corrected chi connectivity index (χ0v) is 4.97. The van der Waals surface area contributed by atoms with Crippen LogP contribution in [0.4, 0.5) is 0 Å². The minimum Gasteiger partial charge on any atom is -0.653 e. The van der Waals surface area contributed by atoms with Crippen LogP contribution < -0.4 is 0 Å². The molecule has 7 heavy (non-hydrogen) atoms. The molecule has 0 N–H and O–H groups in total. The number of carbonyl (C=O) groups excluding carboxylic acids is 1. The van der Waals surface area contributed by atoms with Gasteiger partial charge in [-0.05, 0) is 6.42 Å². The molecule has 0 radical (unpaired) electrons. The number of hydrogen-bond donors (Lipinski definition) is 0. The van der Waals surface area contributed by atoms with Crippen molar-refractivity contribution < 1.29 is 26.6 Å². The van der Waals surface area contributed by atoms with Gasteiger partial charge in [-0.15, -0.1) is 0 Å². The quantitative estimate of drug-likeness (QED) is 0.332.